The first-order valence-corrected chi connectivity index (χ1v) is 5.98. The molecular formula is C13H13F2N3. The number of nitrogens with one attached hydrogen (secondary N) is 1. The maximum atomic E-state index is 13.9. The van der Waals surface area contributed by atoms with Gasteiger partial charge in [-0.3, -0.25) is 5.84 Å². The molecule has 1 aliphatic rings. The van der Waals surface area contributed by atoms with Gasteiger partial charge in [-0.25, -0.2) is 13.8 Å². The second-order valence-corrected chi connectivity index (χ2v) is 4.52. The summed E-state index contributed by atoms with van der Waals surface area (Å²) in [5.74, 6) is 4.47. The molecule has 0 saturated carbocycles. The average Bonchev–Trinajstić information content (AvgIpc) is 2.41. The molecule has 3 rings (SSSR count). The first-order valence-electron chi connectivity index (χ1n) is 5.98. The Morgan fingerprint density at radius 1 is 1.11 bits per heavy atom. The van der Waals surface area contributed by atoms with Crippen LogP contribution in [0.3, 0.4) is 0 Å². The van der Waals surface area contributed by atoms with E-state index in [4.69, 9.17) is 5.84 Å². The molecule has 1 aromatic carbocycles. The summed E-state index contributed by atoms with van der Waals surface area (Å²) >= 11 is 0. The van der Waals surface area contributed by atoms with Gasteiger partial charge in [0.2, 0.25) is 0 Å². The quantitative estimate of drug-likeness (QED) is 0.603. The summed E-state index contributed by atoms with van der Waals surface area (Å²) in [7, 11) is 0. The van der Waals surface area contributed by atoms with Crippen molar-refractivity contribution in [3.8, 4) is 0 Å². The lowest BCUT2D eigenvalue weighted by molar-refractivity contribution is 0.611. The number of anilines is 1. The summed E-state index contributed by atoms with van der Waals surface area (Å²) in [6.07, 6.45) is 3.63. The summed E-state index contributed by atoms with van der Waals surface area (Å²) in [6.45, 7) is 0. The van der Waals surface area contributed by atoms with E-state index in [9.17, 15) is 8.78 Å². The highest BCUT2D eigenvalue weighted by Gasteiger charge is 2.21. The van der Waals surface area contributed by atoms with Crippen LogP contribution in [-0.2, 0) is 12.8 Å². The number of benzene rings is 1. The van der Waals surface area contributed by atoms with E-state index in [1.54, 1.807) is 0 Å². The standard InChI is InChI=1S/C13H13F2N3/c14-8-5-6-9(15)13-11(8)12(18-16)7-3-1-2-4-10(7)17-13/h5-6H,1-4,16H2,(H,17,18). The van der Waals surface area contributed by atoms with Crippen molar-refractivity contribution in [3.63, 3.8) is 0 Å². The van der Waals surface area contributed by atoms with Gasteiger partial charge >= 0.3 is 0 Å². The van der Waals surface area contributed by atoms with Gasteiger partial charge in [0.1, 0.15) is 17.2 Å². The van der Waals surface area contributed by atoms with Gasteiger partial charge in [-0.05, 0) is 43.4 Å². The van der Waals surface area contributed by atoms with Crippen LogP contribution in [-0.4, -0.2) is 4.98 Å². The lowest BCUT2D eigenvalue weighted by atomic mass is 9.92. The summed E-state index contributed by atoms with van der Waals surface area (Å²) in [4.78, 5) is 4.27. The number of halogens is 2. The lowest BCUT2D eigenvalue weighted by Gasteiger charge is -2.20. The van der Waals surface area contributed by atoms with Crippen molar-refractivity contribution in [1.29, 1.82) is 0 Å². The Kier molecular flexibility index (Phi) is 2.63. The van der Waals surface area contributed by atoms with Gasteiger partial charge < -0.3 is 5.43 Å². The molecule has 0 spiro atoms. The van der Waals surface area contributed by atoms with Crippen LogP contribution >= 0.6 is 0 Å². The van der Waals surface area contributed by atoms with Crippen molar-refractivity contribution in [3.05, 3.63) is 35.0 Å². The van der Waals surface area contributed by atoms with Crippen LogP contribution in [0.2, 0.25) is 0 Å². The van der Waals surface area contributed by atoms with Crippen LogP contribution in [0.1, 0.15) is 24.1 Å². The number of pyridine rings is 1. The maximum Gasteiger partial charge on any atom is 0.149 e. The molecule has 5 heteroatoms. The van der Waals surface area contributed by atoms with E-state index < -0.39 is 11.6 Å². The minimum Gasteiger partial charge on any atom is -0.323 e. The Morgan fingerprint density at radius 3 is 2.61 bits per heavy atom. The van der Waals surface area contributed by atoms with Crippen LogP contribution in [0, 0.1) is 11.6 Å². The highest BCUT2D eigenvalue weighted by atomic mass is 19.1. The molecule has 1 aromatic heterocycles. The Hall–Kier alpha value is -1.75. The van der Waals surface area contributed by atoms with Gasteiger partial charge in [-0.2, -0.15) is 0 Å². The van der Waals surface area contributed by atoms with Gasteiger partial charge in [0.15, 0.2) is 0 Å². The Labute approximate surface area is 103 Å². The Balaban J connectivity index is 2.44. The first-order chi connectivity index (χ1) is 8.72. The van der Waals surface area contributed by atoms with Gasteiger partial charge in [0.05, 0.1) is 11.1 Å². The number of fused-ring (bicyclic) bond motifs is 2. The Morgan fingerprint density at radius 2 is 1.83 bits per heavy atom. The van der Waals surface area contributed by atoms with E-state index in [1.807, 2.05) is 0 Å². The molecule has 1 heterocycles. The summed E-state index contributed by atoms with van der Waals surface area (Å²) in [5, 5.41) is 0.151. The van der Waals surface area contributed by atoms with E-state index in [0.717, 1.165) is 49.1 Å². The van der Waals surface area contributed by atoms with Crippen molar-refractivity contribution in [1.82, 2.24) is 4.98 Å². The van der Waals surface area contributed by atoms with E-state index in [1.165, 1.54) is 0 Å². The smallest absolute Gasteiger partial charge is 0.149 e. The second-order valence-electron chi connectivity index (χ2n) is 4.52. The predicted octanol–water partition coefficient (Wildman–Crippen LogP) is 2.68. The zero-order valence-corrected chi connectivity index (χ0v) is 9.76. The second kappa shape index (κ2) is 4.17. The van der Waals surface area contributed by atoms with Crippen molar-refractivity contribution >= 4 is 16.6 Å². The third-order valence-corrected chi connectivity index (χ3v) is 3.46. The van der Waals surface area contributed by atoms with Crippen molar-refractivity contribution in [2.24, 2.45) is 5.84 Å². The number of hydrogen-bond donors (Lipinski definition) is 2. The SMILES string of the molecule is NNc1c2c(nc3c(F)ccc(F)c13)CCCC2. The molecule has 0 amide bonds. The molecule has 0 unspecified atom stereocenters. The minimum atomic E-state index is -0.517. The number of nitrogen functional groups attached to an aromatic ring is 1. The fraction of sp³-hybridized carbons (Fsp3) is 0.308. The average molecular weight is 249 g/mol. The third-order valence-electron chi connectivity index (χ3n) is 3.46. The molecule has 0 aliphatic heterocycles. The number of nitrogens with two attached hydrogens (primary N) is 1. The largest absolute Gasteiger partial charge is 0.323 e. The highest BCUT2D eigenvalue weighted by Crippen LogP contribution is 2.34. The fourth-order valence-electron chi connectivity index (χ4n) is 2.62. The normalized spacial score (nSPS) is 14.6. The van der Waals surface area contributed by atoms with E-state index in [0.29, 0.717) is 5.69 Å². The van der Waals surface area contributed by atoms with Crippen LogP contribution in [0.5, 0.6) is 0 Å². The van der Waals surface area contributed by atoms with Crippen LogP contribution in [0.15, 0.2) is 12.1 Å². The van der Waals surface area contributed by atoms with E-state index >= 15 is 0 Å². The van der Waals surface area contributed by atoms with Gasteiger partial charge in [0, 0.05) is 5.69 Å². The molecule has 0 saturated heterocycles. The molecule has 0 radical (unpaired) electrons. The Bertz CT molecular complexity index is 625. The van der Waals surface area contributed by atoms with E-state index in [2.05, 4.69) is 10.4 Å². The number of aromatic nitrogens is 1. The monoisotopic (exact) mass is 249 g/mol. The van der Waals surface area contributed by atoms with Crippen molar-refractivity contribution in [2.45, 2.75) is 25.7 Å². The zero-order valence-electron chi connectivity index (χ0n) is 9.76. The number of aryl methyl sites for hydroxylation is 1. The molecule has 18 heavy (non-hydrogen) atoms. The summed E-state index contributed by atoms with van der Waals surface area (Å²) < 4.78 is 27.6. The van der Waals surface area contributed by atoms with Gasteiger partial charge in [-0.15, -0.1) is 0 Å². The molecule has 2 aromatic rings. The van der Waals surface area contributed by atoms with Crippen LogP contribution in [0.25, 0.3) is 10.9 Å². The predicted molar refractivity (Wildman–Crippen MR) is 66.1 cm³/mol. The molecule has 0 fully saturated rings. The molecule has 3 N–H and O–H groups in total. The molecule has 94 valence electrons. The minimum absolute atomic E-state index is 0.0589. The molecule has 0 atom stereocenters. The third kappa shape index (κ3) is 1.54. The van der Waals surface area contributed by atoms with Gasteiger partial charge in [-0.1, -0.05) is 0 Å². The lowest BCUT2D eigenvalue weighted by Crippen LogP contribution is -2.16. The van der Waals surface area contributed by atoms with Crippen LogP contribution in [0.4, 0.5) is 14.5 Å². The molecule has 3 nitrogen and oxygen atoms in total. The number of hydrogen-bond acceptors (Lipinski definition) is 3. The molecule has 1 aliphatic carbocycles. The number of rotatable bonds is 1. The first kappa shape index (κ1) is 11.3. The van der Waals surface area contributed by atoms with Gasteiger partial charge in [0.25, 0.3) is 0 Å². The zero-order chi connectivity index (χ0) is 12.7. The number of hydrazine groups is 1. The van der Waals surface area contributed by atoms with Crippen molar-refractivity contribution < 1.29 is 8.78 Å². The molecular weight excluding hydrogens is 236 g/mol. The van der Waals surface area contributed by atoms with E-state index in [-0.39, 0.29) is 10.9 Å². The van der Waals surface area contributed by atoms with Crippen LogP contribution < -0.4 is 11.3 Å². The number of nitrogens with zero attached hydrogens (tertiary/aromatic N) is 1. The summed E-state index contributed by atoms with van der Waals surface area (Å²) in [6, 6.07) is 2.20. The van der Waals surface area contributed by atoms with Crippen molar-refractivity contribution in [2.75, 3.05) is 5.43 Å². The fourth-order valence-corrected chi connectivity index (χ4v) is 2.62. The topological polar surface area (TPSA) is 50.9 Å². The highest BCUT2D eigenvalue weighted by molar-refractivity contribution is 5.94. The maximum absolute atomic E-state index is 13.9. The molecule has 0 bridgehead atoms. The summed E-state index contributed by atoms with van der Waals surface area (Å²) in [5.41, 5.74) is 4.80.